The molecule has 0 aromatic heterocycles. The first kappa shape index (κ1) is 11.5. The van der Waals surface area contributed by atoms with Gasteiger partial charge in [-0.3, -0.25) is 0 Å². The number of hydrogen-bond acceptors (Lipinski definition) is 1. The summed E-state index contributed by atoms with van der Waals surface area (Å²) in [7, 11) is 1.98. The molecule has 0 fully saturated rings. The monoisotopic (exact) mass is 253 g/mol. The van der Waals surface area contributed by atoms with Crippen molar-refractivity contribution in [3.8, 4) is 0 Å². The van der Waals surface area contributed by atoms with Crippen LogP contribution in [0.3, 0.4) is 0 Å². The maximum absolute atomic E-state index is 3.77. The lowest BCUT2D eigenvalue weighted by Crippen LogP contribution is -2.16. The second-order valence-electron chi connectivity index (χ2n) is 3.37. The molecular formula is C12H16BrN. The quantitative estimate of drug-likeness (QED) is 0.809. The van der Waals surface area contributed by atoms with Crippen molar-refractivity contribution in [1.29, 1.82) is 0 Å². The Bertz CT molecular complexity index is 320. The minimum Gasteiger partial charge on any atom is -0.313 e. The van der Waals surface area contributed by atoms with Gasteiger partial charge in [0.05, 0.1) is 0 Å². The summed E-state index contributed by atoms with van der Waals surface area (Å²) in [6, 6.07) is 6.73. The Kier molecular flexibility index (Phi) is 4.36. The second-order valence-corrected chi connectivity index (χ2v) is 4.28. The summed E-state index contributed by atoms with van der Waals surface area (Å²) in [5.41, 5.74) is 2.65. The summed E-state index contributed by atoms with van der Waals surface area (Å²) in [6.45, 7) is 5.91. The molecule has 76 valence electrons. The van der Waals surface area contributed by atoms with E-state index in [2.05, 4.69) is 52.9 Å². The van der Waals surface area contributed by atoms with E-state index in [9.17, 15) is 0 Å². The van der Waals surface area contributed by atoms with Crippen molar-refractivity contribution in [3.63, 3.8) is 0 Å². The SMILES string of the molecule is C=CCC(NC)c1cc(Br)ccc1C. The fourth-order valence-electron chi connectivity index (χ4n) is 1.55. The fraction of sp³-hybridized carbons (Fsp3) is 0.333. The Morgan fingerprint density at radius 1 is 1.57 bits per heavy atom. The zero-order valence-electron chi connectivity index (χ0n) is 8.68. The number of hydrogen-bond donors (Lipinski definition) is 1. The van der Waals surface area contributed by atoms with E-state index in [0.717, 1.165) is 10.9 Å². The molecule has 0 radical (unpaired) electrons. The topological polar surface area (TPSA) is 12.0 Å². The summed E-state index contributed by atoms with van der Waals surface area (Å²) in [5, 5.41) is 3.30. The number of benzene rings is 1. The van der Waals surface area contributed by atoms with Crippen molar-refractivity contribution in [3.05, 3.63) is 46.5 Å². The second kappa shape index (κ2) is 5.32. The van der Waals surface area contributed by atoms with E-state index < -0.39 is 0 Å². The molecule has 1 nitrogen and oxygen atoms in total. The normalized spacial score (nSPS) is 12.5. The van der Waals surface area contributed by atoms with Gasteiger partial charge in [-0.15, -0.1) is 6.58 Å². The lowest BCUT2D eigenvalue weighted by Gasteiger charge is -2.17. The third-order valence-electron chi connectivity index (χ3n) is 2.37. The lowest BCUT2D eigenvalue weighted by molar-refractivity contribution is 0.600. The molecule has 2 heteroatoms. The van der Waals surface area contributed by atoms with Gasteiger partial charge < -0.3 is 5.32 Å². The van der Waals surface area contributed by atoms with Gasteiger partial charge in [0.1, 0.15) is 0 Å². The highest BCUT2D eigenvalue weighted by Gasteiger charge is 2.09. The molecule has 0 aliphatic carbocycles. The van der Waals surface area contributed by atoms with Crippen LogP contribution in [0, 0.1) is 6.92 Å². The van der Waals surface area contributed by atoms with Crippen LogP contribution in [0.15, 0.2) is 35.3 Å². The molecule has 0 saturated carbocycles. The fourth-order valence-corrected chi connectivity index (χ4v) is 1.93. The van der Waals surface area contributed by atoms with Gasteiger partial charge in [0.2, 0.25) is 0 Å². The molecule has 1 aromatic rings. The molecule has 1 atom stereocenters. The molecule has 0 saturated heterocycles. The van der Waals surface area contributed by atoms with Gasteiger partial charge in [-0.1, -0.05) is 28.1 Å². The van der Waals surface area contributed by atoms with Gasteiger partial charge in [0.15, 0.2) is 0 Å². The molecule has 0 spiro atoms. The molecule has 0 heterocycles. The Hall–Kier alpha value is -0.600. The molecule has 1 aromatic carbocycles. The Morgan fingerprint density at radius 3 is 2.86 bits per heavy atom. The van der Waals surface area contributed by atoms with E-state index in [0.29, 0.717) is 6.04 Å². The van der Waals surface area contributed by atoms with Crippen LogP contribution in [0.1, 0.15) is 23.6 Å². The van der Waals surface area contributed by atoms with Crippen molar-refractivity contribution >= 4 is 15.9 Å². The molecule has 0 amide bonds. The highest BCUT2D eigenvalue weighted by molar-refractivity contribution is 9.10. The van der Waals surface area contributed by atoms with Crippen LogP contribution >= 0.6 is 15.9 Å². The van der Waals surface area contributed by atoms with Crippen LogP contribution in [-0.2, 0) is 0 Å². The average Bonchev–Trinajstić information content (AvgIpc) is 2.18. The van der Waals surface area contributed by atoms with Crippen molar-refractivity contribution in [2.24, 2.45) is 0 Å². The average molecular weight is 254 g/mol. The van der Waals surface area contributed by atoms with Crippen LogP contribution in [0.5, 0.6) is 0 Å². The van der Waals surface area contributed by atoms with E-state index in [1.54, 1.807) is 0 Å². The molecule has 0 aliphatic heterocycles. The lowest BCUT2D eigenvalue weighted by atomic mass is 9.99. The minimum absolute atomic E-state index is 0.366. The summed E-state index contributed by atoms with van der Waals surface area (Å²) in [4.78, 5) is 0. The maximum atomic E-state index is 3.77. The first-order valence-electron chi connectivity index (χ1n) is 4.73. The molecule has 0 bridgehead atoms. The Labute approximate surface area is 94.3 Å². The van der Waals surface area contributed by atoms with E-state index in [4.69, 9.17) is 0 Å². The number of aryl methyl sites for hydroxylation is 1. The van der Waals surface area contributed by atoms with E-state index in [1.165, 1.54) is 11.1 Å². The van der Waals surface area contributed by atoms with Crippen LogP contribution in [0.25, 0.3) is 0 Å². The smallest absolute Gasteiger partial charge is 0.0355 e. The highest BCUT2D eigenvalue weighted by Crippen LogP contribution is 2.24. The maximum Gasteiger partial charge on any atom is 0.0355 e. The van der Waals surface area contributed by atoms with Crippen LogP contribution < -0.4 is 5.32 Å². The van der Waals surface area contributed by atoms with Crippen molar-refractivity contribution in [2.45, 2.75) is 19.4 Å². The minimum atomic E-state index is 0.366. The standard InChI is InChI=1S/C12H16BrN/c1-4-5-12(14-3)11-8-10(13)7-6-9(11)2/h4,6-8,12,14H,1,5H2,2-3H3. The summed E-state index contributed by atoms with van der Waals surface area (Å²) >= 11 is 3.49. The first-order chi connectivity index (χ1) is 6.69. The van der Waals surface area contributed by atoms with Gasteiger partial charge >= 0.3 is 0 Å². The molecule has 1 N–H and O–H groups in total. The van der Waals surface area contributed by atoms with Crippen LogP contribution in [0.4, 0.5) is 0 Å². The first-order valence-corrected chi connectivity index (χ1v) is 5.52. The van der Waals surface area contributed by atoms with E-state index >= 15 is 0 Å². The zero-order chi connectivity index (χ0) is 10.6. The van der Waals surface area contributed by atoms with E-state index in [-0.39, 0.29) is 0 Å². The van der Waals surface area contributed by atoms with Crippen molar-refractivity contribution in [1.82, 2.24) is 5.32 Å². The van der Waals surface area contributed by atoms with Gasteiger partial charge in [-0.05, 0) is 43.7 Å². The van der Waals surface area contributed by atoms with Crippen LogP contribution in [-0.4, -0.2) is 7.05 Å². The molecule has 1 unspecified atom stereocenters. The molecular weight excluding hydrogens is 238 g/mol. The number of nitrogens with one attached hydrogen (secondary N) is 1. The molecule has 14 heavy (non-hydrogen) atoms. The summed E-state index contributed by atoms with van der Waals surface area (Å²) < 4.78 is 1.13. The predicted molar refractivity (Wildman–Crippen MR) is 65.5 cm³/mol. The van der Waals surface area contributed by atoms with Crippen molar-refractivity contribution in [2.75, 3.05) is 7.05 Å². The third-order valence-corrected chi connectivity index (χ3v) is 2.86. The Morgan fingerprint density at radius 2 is 2.29 bits per heavy atom. The van der Waals surface area contributed by atoms with Crippen molar-refractivity contribution < 1.29 is 0 Å². The Balaban J connectivity index is 3.01. The van der Waals surface area contributed by atoms with E-state index in [1.807, 2.05) is 13.1 Å². The van der Waals surface area contributed by atoms with Gasteiger partial charge in [0, 0.05) is 10.5 Å². The number of rotatable bonds is 4. The number of halogens is 1. The summed E-state index contributed by atoms with van der Waals surface area (Å²) in [6.07, 6.45) is 2.90. The molecule has 1 rings (SSSR count). The summed E-state index contributed by atoms with van der Waals surface area (Å²) in [5.74, 6) is 0. The molecule has 0 aliphatic rings. The zero-order valence-corrected chi connectivity index (χ0v) is 10.3. The highest BCUT2D eigenvalue weighted by atomic mass is 79.9. The predicted octanol–water partition coefficient (Wildman–Crippen LogP) is 3.59. The van der Waals surface area contributed by atoms with Gasteiger partial charge in [0.25, 0.3) is 0 Å². The largest absolute Gasteiger partial charge is 0.313 e. The van der Waals surface area contributed by atoms with Crippen LogP contribution in [0.2, 0.25) is 0 Å². The van der Waals surface area contributed by atoms with Gasteiger partial charge in [-0.2, -0.15) is 0 Å². The third kappa shape index (κ3) is 2.69. The van der Waals surface area contributed by atoms with Gasteiger partial charge in [-0.25, -0.2) is 0 Å².